The number of rotatable bonds is 3. The summed E-state index contributed by atoms with van der Waals surface area (Å²) < 4.78 is 5.57. The van der Waals surface area contributed by atoms with Crippen molar-refractivity contribution < 1.29 is 14.9 Å². The molecule has 3 rings (SSSR count). The lowest BCUT2D eigenvalue weighted by molar-refractivity contribution is -0.0560. The van der Waals surface area contributed by atoms with Gasteiger partial charge in [0.1, 0.15) is 31.1 Å². The molecule has 112 valence electrons. The van der Waals surface area contributed by atoms with Crippen LogP contribution in [0.15, 0.2) is 20.1 Å². The average molecular weight is 294 g/mol. The van der Waals surface area contributed by atoms with Gasteiger partial charge in [0.15, 0.2) is 5.84 Å². The van der Waals surface area contributed by atoms with Crippen molar-refractivity contribution >= 4 is 17.9 Å². The van der Waals surface area contributed by atoms with Gasteiger partial charge in [-0.3, -0.25) is 10.7 Å². The minimum atomic E-state index is -1.62. The van der Waals surface area contributed by atoms with Gasteiger partial charge in [0.05, 0.1) is 12.7 Å². The van der Waals surface area contributed by atoms with Gasteiger partial charge >= 0.3 is 0 Å². The highest BCUT2D eigenvalue weighted by molar-refractivity contribution is 6.47. The summed E-state index contributed by atoms with van der Waals surface area (Å²) in [5, 5.41) is 22.4. The average Bonchev–Trinajstić information content (AvgIpc) is 3.03. The zero-order chi connectivity index (χ0) is 15.0. The summed E-state index contributed by atoms with van der Waals surface area (Å²) >= 11 is 0. The summed E-state index contributed by atoms with van der Waals surface area (Å²) in [7, 11) is 0. The number of fused-ring (bicyclic) bond motifs is 1. The maximum atomic E-state index is 9.80. The Bertz CT molecular complexity index is 583. The van der Waals surface area contributed by atoms with E-state index in [1.807, 2.05) is 0 Å². The van der Waals surface area contributed by atoms with Crippen molar-refractivity contribution in [3.63, 3.8) is 0 Å². The molecule has 21 heavy (non-hydrogen) atoms. The summed E-state index contributed by atoms with van der Waals surface area (Å²) in [6.45, 7) is -0.0698. The van der Waals surface area contributed by atoms with Gasteiger partial charge in [-0.25, -0.2) is 9.98 Å². The normalized spacial score (nSPS) is 37.9. The van der Waals surface area contributed by atoms with E-state index in [0.717, 1.165) is 0 Å². The van der Waals surface area contributed by atoms with E-state index in [2.05, 4.69) is 25.0 Å². The van der Waals surface area contributed by atoms with Gasteiger partial charge in [-0.2, -0.15) is 0 Å². The Morgan fingerprint density at radius 3 is 3.14 bits per heavy atom. The third kappa shape index (κ3) is 2.17. The number of aliphatic imine (C=N–C) groups is 3. The van der Waals surface area contributed by atoms with Crippen molar-refractivity contribution in [2.45, 2.75) is 30.6 Å². The van der Waals surface area contributed by atoms with Crippen LogP contribution in [0, 0.1) is 0 Å². The first kappa shape index (κ1) is 13.9. The van der Waals surface area contributed by atoms with Crippen LogP contribution in [-0.4, -0.2) is 70.5 Å². The lowest BCUT2D eigenvalue weighted by atomic mass is 10.1. The molecule has 1 fully saturated rings. The molecule has 0 spiro atoms. The van der Waals surface area contributed by atoms with Crippen molar-refractivity contribution in [1.29, 1.82) is 0 Å². The van der Waals surface area contributed by atoms with Gasteiger partial charge in [-0.1, -0.05) is 0 Å². The van der Waals surface area contributed by atoms with Gasteiger partial charge in [-0.15, -0.1) is 0 Å². The van der Waals surface area contributed by atoms with Crippen LogP contribution in [0.1, 0.15) is 6.42 Å². The number of nitrogens with zero attached hydrogens (tertiary/aromatic N) is 7. The molecule has 1 saturated heterocycles. The molecule has 11 heteroatoms. The number of hydrogen-bond donors (Lipinski definition) is 3. The molecular weight excluding hydrogens is 280 g/mol. The largest absolute Gasteiger partial charge is 0.394 e. The highest BCUT2D eigenvalue weighted by Crippen LogP contribution is 2.28. The number of ether oxygens (including phenoxy) is 1. The standard InChI is InChI=1S/C10H14N8O3/c11-10(16-17-12)8-9(13-3-15-10)18(4-14-8)7-1-5(20)6(2-19)21-7/h3,5-7,19-20H,1-2,4,11H2/t5-,6+,7+,10?/m0/s1. The fourth-order valence-corrected chi connectivity index (χ4v) is 2.51. The van der Waals surface area contributed by atoms with E-state index in [4.69, 9.17) is 21.1 Å². The molecule has 0 bridgehead atoms. The Hall–Kier alpha value is -2.04. The minimum absolute atomic E-state index is 0.201. The van der Waals surface area contributed by atoms with E-state index < -0.39 is 24.2 Å². The Morgan fingerprint density at radius 1 is 1.67 bits per heavy atom. The van der Waals surface area contributed by atoms with Gasteiger partial charge in [0.25, 0.3) is 0 Å². The van der Waals surface area contributed by atoms with Gasteiger partial charge in [0.2, 0.25) is 5.79 Å². The van der Waals surface area contributed by atoms with Crippen LogP contribution in [-0.2, 0) is 4.74 Å². The molecular formula is C10H14N8O3. The summed E-state index contributed by atoms with van der Waals surface area (Å²) in [6.07, 6.45) is -0.378. The zero-order valence-corrected chi connectivity index (χ0v) is 10.9. The second-order valence-electron chi connectivity index (χ2n) is 4.85. The lowest BCUT2D eigenvalue weighted by Crippen LogP contribution is -2.52. The second kappa shape index (κ2) is 5.06. The van der Waals surface area contributed by atoms with E-state index >= 15 is 0 Å². The monoisotopic (exact) mass is 294 g/mol. The maximum absolute atomic E-state index is 9.80. The molecule has 0 aromatic carbocycles. The quantitative estimate of drug-likeness (QED) is 0.328. The number of hydrogen-bond acceptors (Lipinski definition) is 9. The Kier molecular flexibility index (Phi) is 3.35. The molecule has 0 amide bonds. The fourth-order valence-electron chi connectivity index (χ4n) is 2.51. The molecule has 3 aliphatic heterocycles. The van der Waals surface area contributed by atoms with Crippen molar-refractivity contribution in [1.82, 2.24) is 4.90 Å². The van der Waals surface area contributed by atoms with Gasteiger partial charge < -0.3 is 19.8 Å². The number of aliphatic hydroxyl groups excluding tert-OH is 2. The third-order valence-corrected chi connectivity index (χ3v) is 3.58. The van der Waals surface area contributed by atoms with E-state index in [1.54, 1.807) is 4.90 Å². The van der Waals surface area contributed by atoms with Crippen LogP contribution in [0.2, 0.25) is 0 Å². The molecule has 3 aliphatic rings. The van der Waals surface area contributed by atoms with Crippen molar-refractivity contribution in [2.24, 2.45) is 25.8 Å². The molecule has 0 saturated carbocycles. The summed E-state index contributed by atoms with van der Waals surface area (Å²) in [4.78, 5) is 16.5. The first-order valence-electron chi connectivity index (χ1n) is 6.32. The van der Waals surface area contributed by atoms with Crippen LogP contribution in [0.25, 0.3) is 10.4 Å². The Balaban J connectivity index is 1.83. The zero-order valence-electron chi connectivity index (χ0n) is 10.9. The molecule has 0 aromatic heterocycles. The first-order valence-corrected chi connectivity index (χ1v) is 6.32. The molecule has 4 N–H and O–H groups in total. The number of nitrogens with two attached hydrogens (primary N) is 1. The topological polar surface area (TPSA) is 165 Å². The molecule has 3 heterocycles. The minimum Gasteiger partial charge on any atom is -0.394 e. The van der Waals surface area contributed by atoms with E-state index in [1.165, 1.54) is 6.34 Å². The Morgan fingerprint density at radius 2 is 2.48 bits per heavy atom. The molecule has 11 nitrogen and oxygen atoms in total. The van der Waals surface area contributed by atoms with Crippen molar-refractivity contribution in [3.05, 3.63) is 10.4 Å². The molecule has 0 radical (unpaired) electrons. The van der Waals surface area contributed by atoms with Crippen molar-refractivity contribution in [2.75, 3.05) is 13.3 Å². The highest BCUT2D eigenvalue weighted by atomic mass is 16.5. The van der Waals surface area contributed by atoms with Gasteiger partial charge in [0, 0.05) is 11.3 Å². The van der Waals surface area contributed by atoms with E-state index in [0.29, 0.717) is 12.3 Å². The maximum Gasteiger partial charge on any atom is 0.235 e. The van der Waals surface area contributed by atoms with Crippen LogP contribution < -0.4 is 5.73 Å². The summed E-state index contributed by atoms with van der Waals surface area (Å²) in [5.74, 6) is -1.22. The van der Waals surface area contributed by atoms with Gasteiger partial charge in [-0.05, 0) is 10.6 Å². The summed E-state index contributed by atoms with van der Waals surface area (Å²) in [6, 6.07) is 0. The molecule has 0 aromatic rings. The van der Waals surface area contributed by atoms with Crippen molar-refractivity contribution in [3.8, 4) is 0 Å². The number of aliphatic hydroxyl groups is 2. The Labute approximate surface area is 119 Å². The predicted molar refractivity (Wildman–Crippen MR) is 72.5 cm³/mol. The SMILES string of the molecule is [N-]=[N+]=NC1(N)N=CN=C2C1=NCN2[C@H]1C[C@H](O)[C@@H](CO)O1. The van der Waals surface area contributed by atoms with Crippen LogP contribution in [0.4, 0.5) is 0 Å². The number of amidine groups is 1. The first-order chi connectivity index (χ1) is 10.1. The van der Waals surface area contributed by atoms with E-state index in [-0.39, 0.29) is 19.0 Å². The predicted octanol–water partition coefficient (Wildman–Crippen LogP) is -1.47. The van der Waals surface area contributed by atoms with Crippen LogP contribution in [0.3, 0.4) is 0 Å². The van der Waals surface area contributed by atoms with Crippen LogP contribution in [0.5, 0.6) is 0 Å². The summed E-state index contributed by atoms with van der Waals surface area (Å²) in [5.41, 5.74) is 14.8. The number of azide groups is 1. The fraction of sp³-hybridized carbons (Fsp3) is 0.700. The molecule has 4 atom stereocenters. The molecule has 1 unspecified atom stereocenters. The highest BCUT2D eigenvalue weighted by Gasteiger charge is 2.46. The second-order valence-corrected chi connectivity index (χ2v) is 4.85. The smallest absolute Gasteiger partial charge is 0.235 e. The van der Waals surface area contributed by atoms with Crippen LogP contribution >= 0.6 is 0 Å². The molecule has 0 aliphatic carbocycles. The van der Waals surface area contributed by atoms with E-state index in [9.17, 15) is 5.11 Å². The third-order valence-electron chi connectivity index (χ3n) is 3.58. The lowest BCUT2D eigenvalue weighted by Gasteiger charge is -2.29.